The Bertz CT molecular complexity index is 502. The molecule has 0 radical (unpaired) electrons. The minimum atomic E-state index is -0.875. The summed E-state index contributed by atoms with van der Waals surface area (Å²) < 4.78 is 10.2. The highest BCUT2D eigenvalue weighted by atomic mass is 16.5. The van der Waals surface area contributed by atoms with E-state index in [4.69, 9.17) is 15.2 Å². The van der Waals surface area contributed by atoms with Crippen molar-refractivity contribution in [2.75, 3.05) is 19.4 Å². The van der Waals surface area contributed by atoms with Gasteiger partial charge < -0.3 is 20.5 Å². The zero-order valence-electron chi connectivity index (χ0n) is 12.6. The van der Waals surface area contributed by atoms with Gasteiger partial charge in [0.25, 0.3) is 5.91 Å². The summed E-state index contributed by atoms with van der Waals surface area (Å²) in [5.41, 5.74) is 6.20. The summed E-state index contributed by atoms with van der Waals surface area (Å²) in [5, 5.41) is 2.71. The highest BCUT2D eigenvalue weighted by Gasteiger charge is 2.20. The lowest BCUT2D eigenvalue weighted by molar-refractivity contribution is -0.129. The molecule has 0 heterocycles. The van der Waals surface area contributed by atoms with Crippen LogP contribution in [0.2, 0.25) is 0 Å². The topological polar surface area (TPSA) is 90.6 Å². The molecule has 6 heteroatoms. The van der Waals surface area contributed by atoms with Crippen molar-refractivity contribution in [3.63, 3.8) is 0 Å². The summed E-state index contributed by atoms with van der Waals surface area (Å²) in [5.74, 6) is -0.473. The number of carbonyl (C=O) groups excluding carboxylic acids is 2. The second-order valence-corrected chi connectivity index (χ2v) is 4.65. The van der Waals surface area contributed by atoms with E-state index in [1.54, 1.807) is 12.1 Å². The summed E-state index contributed by atoms with van der Waals surface area (Å²) in [6.45, 7) is 4.12. The normalized spacial score (nSPS) is 11.6. The van der Waals surface area contributed by atoms with Gasteiger partial charge in [-0.1, -0.05) is 13.3 Å². The SMILES string of the molecule is CCCCNC(=O)C(C)OC(=O)c1cc(OC)ccc1N. The molecular weight excluding hydrogens is 272 g/mol. The lowest BCUT2D eigenvalue weighted by Crippen LogP contribution is -2.36. The highest BCUT2D eigenvalue weighted by Crippen LogP contribution is 2.20. The molecule has 1 rings (SSSR count). The number of unbranched alkanes of at least 4 members (excludes halogenated alkanes) is 1. The second kappa shape index (κ2) is 8.14. The van der Waals surface area contributed by atoms with Crippen LogP contribution in [-0.2, 0) is 9.53 Å². The van der Waals surface area contributed by atoms with E-state index in [9.17, 15) is 9.59 Å². The summed E-state index contributed by atoms with van der Waals surface area (Å²) in [6, 6.07) is 4.69. The molecule has 0 fully saturated rings. The monoisotopic (exact) mass is 294 g/mol. The van der Waals surface area contributed by atoms with Gasteiger partial charge in [-0.25, -0.2) is 4.79 Å². The molecule has 0 bridgehead atoms. The summed E-state index contributed by atoms with van der Waals surface area (Å²) in [7, 11) is 1.49. The Labute approximate surface area is 124 Å². The lowest BCUT2D eigenvalue weighted by atomic mass is 10.1. The van der Waals surface area contributed by atoms with Crippen molar-refractivity contribution in [1.29, 1.82) is 0 Å². The van der Waals surface area contributed by atoms with Gasteiger partial charge in [-0.15, -0.1) is 0 Å². The molecule has 0 aliphatic rings. The van der Waals surface area contributed by atoms with Crippen molar-refractivity contribution in [3.05, 3.63) is 23.8 Å². The van der Waals surface area contributed by atoms with E-state index in [1.165, 1.54) is 20.1 Å². The standard InChI is InChI=1S/C15H22N2O4/c1-4-5-8-17-14(18)10(2)21-15(19)12-9-11(20-3)6-7-13(12)16/h6-7,9-10H,4-5,8,16H2,1-3H3,(H,17,18). The number of amides is 1. The predicted molar refractivity (Wildman–Crippen MR) is 80.2 cm³/mol. The second-order valence-electron chi connectivity index (χ2n) is 4.65. The molecule has 21 heavy (non-hydrogen) atoms. The molecule has 1 aromatic rings. The minimum absolute atomic E-state index is 0.183. The largest absolute Gasteiger partial charge is 0.497 e. The fourth-order valence-electron chi connectivity index (χ4n) is 1.65. The van der Waals surface area contributed by atoms with Gasteiger partial charge in [-0.3, -0.25) is 4.79 Å². The van der Waals surface area contributed by atoms with Crippen LogP contribution in [0.1, 0.15) is 37.0 Å². The molecule has 0 aromatic heterocycles. The molecular formula is C15H22N2O4. The number of nitrogens with two attached hydrogens (primary N) is 1. The van der Waals surface area contributed by atoms with Gasteiger partial charge in [0.15, 0.2) is 6.10 Å². The van der Waals surface area contributed by atoms with E-state index in [2.05, 4.69) is 5.32 Å². The summed E-state index contributed by atoms with van der Waals surface area (Å²) in [4.78, 5) is 23.8. The van der Waals surface area contributed by atoms with Gasteiger partial charge in [0.1, 0.15) is 5.75 Å². The van der Waals surface area contributed by atoms with Crippen LogP contribution < -0.4 is 15.8 Å². The highest BCUT2D eigenvalue weighted by molar-refractivity contribution is 5.97. The molecule has 6 nitrogen and oxygen atoms in total. The molecule has 1 aromatic carbocycles. The van der Waals surface area contributed by atoms with Crippen LogP contribution in [0, 0.1) is 0 Å². The summed E-state index contributed by atoms with van der Waals surface area (Å²) in [6.07, 6.45) is 0.990. The van der Waals surface area contributed by atoms with Crippen molar-refractivity contribution < 1.29 is 19.1 Å². The van der Waals surface area contributed by atoms with E-state index in [1.807, 2.05) is 6.92 Å². The molecule has 0 saturated carbocycles. The number of esters is 1. The number of anilines is 1. The Hall–Kier alpha value is -2.24. The molecule has 1 atom stereocenters. The number of hydrogen-bond donors (Lipinski definition) is 2. The Morgan fingerprint density at radius 2 is 2.10 bits per heavy atom. The van der Waals surface area contributed by atoms with Gasteiger partial charge in [-0.05, 0) is 31.5 Å². The van der Waals surface area contributed by atoms with E-state index in [0.29, 0.717) is 12.3 Å². The first-order chi connectivity index (χ1) is 9.99. The van der Waals surface area contributed by atoms with Gasteiger partial charge >= 0.3 is 5.97 Å². The molecule has 1 amide bonds. The number of ether oxygens (including phenoxy) is 2. The lowest BCUT2D eigenvalue weighted by Gasteiger charge is -2.14. The van der Waals surface area contributed by atoms with E-state index in [-0.39, 0.29) is 17.2 Å². The van der Waals surface area contributed by atoms with Crippen molar-refractivity contribution in [3.8, 4) is 5.75 Å². The Balaban J connectivity index is 2.65. The number of hydrogen-bond acceptors (Lipinski definition) is 5. The number of methoxy groups -OCH3 is 1. The number of rotatable bonds is 7. The van der Waals surface area contributed by atoms with Crippen LogP contribution in [0.3, 0.4) is 0 Å². The Morgan fingerprint density at radius 1 is 1.38 bits per heavy atom. The third-order valence-corrected chi connectivity index (χ3v) is 2.96. The summed E-state index contributed by atoms with van der Waals surface area (Å²) >= 11 is 0. The van der Waals surface area contributed by atoms with E-state index >= 15 is 0 Å². The van der Waals surface area contributed by atoms with Crippen molar-refractivity contribution in [2.24, 2.45) is 0 Å². The maximum Gasteiger partial charge on any atom is 0.341 e. The number of carbonyl (C=O) groups is 2. The molecule has 1 unspecified atom stereocenters. The first-order valence-corrected chi connectivity index (χ1v) is 6.91. The minimum Gasteiger partial charge on any atom is -0.497 e. The molecule has 3 N–H and O–H groups in total. The van der Waals surface area contributed by atoms with E-state index < -0.39 is 12.1 Å². The number of nitrogens with one attached hydrogen (secondary N) is 1. The van der Waals surface area contributed by atoms with Crippen LogP contribution in [0.4, 0.5) is 5.69 Å². The van der Waals surface area contributed by atoms with Crippen LogP contribution in [0.25, 0.3) is 0 Å². The van der Waals surface area contributed by atoms with Crippen molar-refractivity contribution >= 4 is 17.6 Å². The molecule has 0 aliphatic heterocycles. The fourth-order valence-corrected chi connectivity index (χ4v) is 1.65. The first-order valence-electron chi connectivity index (χ1n) is 6.91. The molecule has 0 saturated heterocycles. The first kappa shape index (κ1) is 16.8. The quantitative estimate of drug-likeness (QED) is 0.454. The van der Waals surface area contributed by atoms with Gasteiger partial charge in [0.05, 0.1) is 12.7 Å². The smallest absolute Gasteiger partial charge is 0.341 e. The van der Waals surface area contributed by atoms with Crippen LogP contribution in [0.5, 0.6) is 5.75 Å². The maximum atomic E-state index is 12.0. The number of benzene rings is 1. The van der Waals surface area contributed by atoms with E-state index in [0.717, 1.165) is 12.8 Å². The Morgan fingerprint density at radius 3 is 2.71 bits per heavy atom. The van der Waals surface area contributed by atoms with Crippen LogP contribution in [-0.4, -0.2) is 31.6 Å². The zero-order valence-corrected chi connectivity index (χ0v) is 12.6. The average Bonchev–Trinajstić information content (AvgIpc) is 2.47. The molecule has 0 aliphatic carbocycles. The Kier molecular flexibility index (Phi) is 6.52. The van der Waals surface area contributed by atoms with Gasteiger partial charge in [0.2, 0.25) is 0 Å². The third kappa shape index (κ3) is 4.98. The average molecular weight is 294 g/mol. The predicted octanol–water partition coefficient (Wildman–Crippen LogP) is 1.74. The maximum absolute atomic E-state index is 12.0. The van der Waals surface area contributed by atoms with Crippen LogP contribution >= 0.6 is 0 Å². The third-order valence-electron chi connectivity index (χ3n) is 2.96. The number of nitrogen functional groups attached to an aromatic ring is 1. The van der Waals surface area contributed by atoms with Crippen LogP contribution in [0.15, 0.2) is 18.2 Å². The van der Waals surface area contributed by atoms with Gasteiger partial charge in [0, 0.05) is 12.2 Å². The van der Waals surface area contributed by atoms with Crippen molar-refractivity contribution in [1.82, 2.24) is 5.32 Å². The molecule has 116 valence electrons. The molecule has 0 spiro atoms. The fraction of sp³-hybridized carbons (Fsp3) is 0.467. The van der Waals surface area contributed by atoms with Gasteiger partial charge in [-0.2, -0.15) is 0 Å². The zero-order chi connectivity index (χ0) is 15.8. The van der Waals surface area contributed by atoms with Crippen molar-refractivity contribution in [2.45, 2.75) is 32.8 Å².